The topological polar surface area (TPSA) is 139 Å². The zero-order valence-electron chi connectivity index (χ0n) is 17.4. The van der Waals surface area contributed by atoms with E-state index in [-0.39, 0.29) is 19.6 Å². The van der Waals surface area contributed by atoms with Crippen LogP contribution in [0.3, 0.4) is 0 Å². The molecule has 1 aromatic rings. The summed E-state index contributed by atoms with van der Waals surface area (Å²) < 4.78 is 26.1. The Morgan fingerprint density at radius 2 is 1.52 bits per heavy atom. The molecule has 0 aromatic heterocycles. The van der Waals surface area contributed by atoms with Crippen molar-refractivity contribution in [3.63, 3.8) is 0 Å². The van der Waals surface area contributed by atoms with Crippen molar-refractivity contribution in [2.75, 3.05) is 59.4 Å². The molecule has 1 aromatic carbocycles. The zero-order chi connectivity index (χ0) is 22.7. The summed E-state index contributed by atoms with van der Waals surface area (Å²) in [5, 5.41) is 11.4. The van der Waals surface area contributed by atoms with Crippen molar-refractivity contribution in [2.24, 2.45) is 5.73 Å². The van der Waals surface area contributed by atoms with Crippen LogP contribution in [0, 0.1) is 12.3 Å². The van der Waals surface area contributed by atoms with Crippen LogP contribution in [-0.2, 0) is 30.2 Å². The van der Waals surface area contributed by atoms with Crippen LogP contribution in [0.15, 0.2) is 24.3 Å². The number of carboxylic acid groups (broad SMARTS) is 1. The van der Waals surface area contributed by atoms with E-state index in [1.165, 1.54) is 0 Å². The van der Waals surface area contributed by atoms with Crippen LogP contribution in [0.5, 0.6) is 5.75 Å². The third-order valence-electron chi connectivity index (χ3n) is 3.72. The molecule has 0 spiro atoms. The number of terminal acetylenes is 1. The normalized spacial score (nSPS) is 11.5. The molecule has 0 aliphatic carbocycles. The van der Waals surface area contributed by atoms with E-state index in [2.05, 4.69) is 11.2 Å². The van der Waals surface area contributed by atoms with Crippen molar-refractivity contribution < 1.29 is 38.4 Å². The third kappa shape index (κ3) is 14.0. The van der Waals surface area contributed by atoms with Gasteiger partial charge in [-0.05, 0) is 24.1 Å². The van der Waals surface area contributed by atoms with Crippen molar-refractivity contribution in [1.82, 2.24) is 5.32 Å². The Hall–Kier alpha value is -2.68. The fraction of sp³-hybridized carbons (Fsp3) is 0.524. The summed E-state index contributed by atoms with van der Waals surface area (Å²) in [5.41, 5.74) is 6.22. The van der Waals surface area contributed by atoms with Gasteiger partial charge in [-0.2, -0.15) is 0 Å². The Bertz CT molecular complexity index is 675. The molecular formula is C21H30N2O8. The number of benzene rings is 1. The highest BCUT2D eigenvalue weighted by Gasteiger charge is 2.12. The second-order valence-electron chi connectivity index (χ2n) is 6.20. The fourth-order valence-electron chi connectivity index (χ4n) is 2.19. The molecule has 1 atom stereocenters. The lowest BCUT2D eigenvalue weighted by atomic mass is 10.1. The van der Waals surface area contributed by atoms with E-state index in [1.54, 1.807) is 24.3 Å². The first-order valence-corrected chi connectivity index (χ1v) is 9.80. The minimum absolute atomic E-state index is 0.192. The third-order valence-corrected chi connectivity index (χ3v) is 3.72. The lowest BCUT2D eigenvalue weighted by Gasteiger charge is -2.09. The lowest BCUT2D eigenvalue weighted by molar-refractivity contribution is -0.138. The van der Waals surface area contributed by atoms with Gasteiger partial charge in [0, 0.05) is 6.54 Å². The van der Waals surface area contributed by atoms with E-state index in [4.69, 9.17) is 40.9 Å². The maximum Gasteiger partial charge on any atom is 0.412 e. The molecule has 0 aliphatic heterocycles. The van der Waals surface area contributed by atoms with Crippen molar-refractivity contribution in [3.8, 4) is 18.1 Å². The Morgan fingerprint density at radius 3 is 2.06 bits per heavy atom. The van der Waals surface area contributed by atoms with Crippen LogP contribution in [0.25, 0.3) is 0 Å². The molecule has 31 heavy (non-hydrogen) atoms. The first kappa shape index (κ1) is 26.4. The number of carbonyl (C=O) groups excluding carboxylic acids is 1. The molecule has 0 aliphatic rings. The van der Waals surface area contributed by atoms with Gasteiger partial charge in [-0.25, -0.2) is 4.79 Å². The van der Waals surface area contributed by atoms with Gasteiger partial charge >= 0.3 is 12.1 Å². The van der Waals surface area contributed by atoms with Crippen LogP contribution >= 0.6 is 0 Å². The number of nitrogens with two attached hydrogens (primary N) is 1. The number of carboxylic acids is 1. The van der Waals surface area contributed by atoms with Crippen LogP contribution < -0.4 is 15.8 Å². The molecule has 172 valence electrons. The van der Waals surface area contributed by atoms with Gasteiger partial charge in [-0.3, -0.25) is 4.79 Å². The molecule has 1 rings (SSSR count). The first-order valence-electron chi connectivity index (χ1n) is 9.80. The van der Waals surface area contributed by atoms with Gasteiger partial charge in [0.05, 0.1) is 46.2 Å². The average molecular weight is 438 g/mol. The fourth-order valence-corrected chi connectivity index (χ4v) is 2.19. The molecule has 0 bridgehead atoms. The highest BCUT2D eigenvalue weighted by atomic mass is 16.6. The van der Waals surface area contributed by atoms with Crippen LogP contribution in [0.2, 0.25) is 0 Å². The Kier molecular flexibility index (Phi) is 14.5. The SMILES string of the molecule is C#CCOCCOCCOCCOCCNC(=O)Oc1ccc(C[C@H](N)C(=O)O)cc1. The Labute approximate surface area is 181 Å². The molecule has 0 fully saturated rings. The lowest BCUT2D eigenvalue weighted by Crippen LogP contribution is -2.32. The molecule has 0 saturated carbocycles. The smallest absolute Gasteiger partial charge is 0.412 e. The van der Waals surface area contributed by atoms with E-state index in [0.717, 1.165) is 5.56 Å². The second kappa shape index (κ2) is 17.0. The number of amides is 1. The van der Waals surface area contributed by atoms with Gasteiger partial charge in [-0.15, -0.1) is 6.42 Å². The van der Waals surface area contributed by atoms with Gasteiger partial charge in [0.2, 0.25) is 0 Å². The quantitative estimate of drug-likeness (QED) is 0.233. The number of nitrogens with one attached hydrogen (secondary N) is 1. The first-order chi connectivity index (χ1) is 15.0. The maximum atomic E-state index is 11.7. The van der Waals surface area contributed by atoms with E-state index < -0.39 is 18.1 Å². The molecule has 10 heteroatoms. The molecule has 0 unspecified atom stereocenters. The highest BCUT2D eigenvalue weighted by Crippen LogP contribution is 2.13. The summed E-state index contributed by atoms with van der Waals surface area (Å²) in [4.78, 5) is 22.5. The number of rotatable bonds is 17. The molecule has 1 amide bonds. The maximum absolute atomic E-state index is 11.7. The standard InChI is InChI=1S/C21H30N2O8/c1-2-8-27-10-12-29-14-15-30-13-11-28-9-7-23-21(26)31-18-5-3-17(4-6-18)16-19(22)20(24)25/h1,3-6,19H,7-16,22H2,(H,23,26)(H,24,25)/t19-/m0/s1. The van der Waals surface area contributed by atoms with Gasteiger partial charge in [-0.1, -0.05) is 18.1 Å². The Morgan fingerprint density at radius 1 is 0.968 bits per heavy atom. The van der Waals surface area contributed by atoms with Gasteiger partial charge < -0.3 is 39.8 Å². The summed E-state index contributed by atoms with van der Waals surface area (Å²) in [5.74, 6) is 1.64. The van der Waals surface area contributed by atoms with Crippen molar-refractivity contribution in [1.29, 1.82) is 0 Å². The summed E-state index contributed by atoms with van der Waals surface area (Å²) in [6.07, 6.45) is 4.63. The van der Waals surface area contributed by atoms with Gasteiger partial charge in [0.15, 0.2) is 0 Å². The number of ether oxygens (including phenoxy) is 5. The van der Waals surface area contributed by atoms with Crippen LogP contribution in [-0.4, -0.2) is 82.6 Å². The predicted molar refractivity (Wildman–Crippen MR) is 112 cm³/mol. The number of hydrogen-bond donors (Lipinski definition) is 3. The van der Waals surface area contributed by atoms with Gasteiger partial charge in [0.1, 0.15) is 18.4 Å². The van der Waals surface area contributed by atoms with Crippen molar-refractivity contribution in [2.45, 2.75) is 12.5 Å². The molecule has 0 saturated heterocycles. The van der Waals surface area contributed by atoms with Gasteiger partial charge in [0.25, 0.3) is 0 Å². The van der Waals surface area contributed by atoms with Crippen molar-refractivity contribution >= 4 is 12.1 Å². The van der Waals surface area contributed by atoms with E-state index >= 15 is 0 Å². The molecule has 10 nitrogen and oxygen atoms in total. The average Bonchev–Trinajstić information content (AvgIpc) is 2.75. The minimum atomic E-state index is -1.07. The van der Waals surface area contributed by atoms with Crippen LogP contribution in [0.4, 0.5) is 4.79 Å². The number of aliphatic carboxylic acids is 1. The summed E-state index contributed by atoms with van der Waals surface area (Å²) in [6.45, 7) is 3.51. The predicted octanol–water partition coefficient (Wildman–Crippen LogP) is 0.429. The minimum Gasteiger partial charge on any atom is -0.480 e. The summed E-state index contributed by atoms with van der Waals surface area (Å²) >= 11 is 0. The van der Waals surface area contributed by atoms with Crippen LogP contribution in [0.1, 0.15) is 5.56 Å². The summed E-state index contributed by atoms with van der Waals surface area (Å²) in [7, 11) is 0. The second-order valence-corrected chi connectivity index (χ2v) is 6.20. The molecule has 0 heterocycles. The van der Waals surface area contributed by atoms with Crippen molar-refractivity contribution in [3.05, 3.63) is 29.8 Å². The highest BCUT2D eigenvalue weighted by molar-refractivity contribution is 5.73. The summed E-state index contributed by atoms with van der Waals surface area (Å²) in [6, 6.07) is 5.49. The number of carbonyl (C=O) groups is 2. The largest absolute Gasteiger partial charge is 0.480 e. The van der Waals surface area contributed by atoms with E-state index in [0.29, 0.717) is 52.0 Å². The zero-order valence-corrected chi connectivity index (χ0v) is 17.4. The number of hydrogen-bond acceptors (Lipinski definition) is 8. The molecular weight excluding hydrogens is 408 g/mol. The van der Waals surface area contributed by atoms with E-state index in [9.17, 15) is 9.59 Å². The monoisotopic (exact) mass is 438 g/mol. The van der Waals surface area contributed by atoms with E-state index in [1.807, 2.05) is 0 Å². The molecule has 4 N–H and O–H groups in total. The molecule has 0 radical (unpaired) electrons. The Balaban J connectivity index is 1.98.